The van der Waals surface area contributed by atoms with Crippen LogP contribution in [0.25, 0.3) is 0 Å². The number of hydrogen-bond donors (Lipinski definition) is 2. The molecule has 0 atom stereocenters. The van der Waals surface area contributed by atoms with Crippen LogP contribution in [0.4, 0.5) is 5.69 Å². The van der Waals surface area contributed by atoms with Gasteiger partial charge in [0.25, 0.3) is 0 Å². The number of benzene rings is 2. The molecule has 2 rings (SSSR count). The van der Waals surface area contributed by atoms with Gasteiger partial charge in [-0.2, -0.15) is 0 Å². The van der Waals surface area contributed by atoms with Crippen molar-refractivity contribution < 1.29 is 9.59 Å². The molecule has 2 aromatic carbocycles. The fourth-order valence-electron chi connectivity index (χ4n) is 2.08. The maximum Gasteiger partial charge on any atom is 0.233 e. The molecule has 0 aliphatic rings. The Morgan fingerprint density at radius 2 is 1.70 bits per heavy atom. The van der Waals surface area contributed by atoms with Crippen LogP contribution in [0.15, 0.2) is 42.5 Å². The highest BCUT2D eigenvalue weighted by Gasteiger charge is 2.10. The first kappa shape index (κ1) is 17.0. The summed E-state index contributed by atoms with van der Waals surface area (Å²) >= 11 is 5.80. The fraction of sp³-hybridized carbons (Fsp3) is 0.222. The standard InChI is InChI=1S/C18H19ClN2O2/c1-12-3-4-13(2)16(9-12)21-18(23)10-17(22)20-11-14-5-7-15(19)8-6-14/h3-9H,10-11H2,1-2H3,(H,20,22)(H,21,23). The lowest BCUT2D eigenvalue weighted by Gasteiger charge is -2.10. The Balaban J connectivity index is 1.83. The molecule has 2 N–H and O–H groups in total. The zero-order chi connectivity index (χ0) is 16.8. The van der Waals surface area contributed by atoms with Crippen LogP contribution in [0.1, 0.15) is 23.1 Å². The van der Waals surface area contributed by atoms with Gasteiger partial charge >= 0.3 is 0 Å². The minimum Gasteiger partial charge on any atom is -0.352 e. The van der Waals surface area contributed by atoms with Crippen molar-refractivity contribution in [3.63, 3.8) is 0 Å². The highest BCUT2D eigenvalue weighted by atomic mass is 35.5. The quantitative estimate of drug-likeness (QED) is 0.823. The van der Waals surface area contributed by atoms with Crippen molar-refractivity contribution in [2.24, 2.45) is 0 Å². The maximum atomic E-state index is 12.0. The molecule has 0 aliphatic heterocycles. The van der Waals surface area contributed by atoms with Crippen LogP contribution >= 0.6 is 11.6 Å². The van der Waals surface area contributed by atoms with E-state index >= 15 is 0 Å². The Kier molecular flexibility index (Phi) is 5.77. The summed E-state index contributed by atoms with van der Waals surface area (Å²) < 4.78 is 0. The van der Waals surface area contributed by atoms with E-state index in [0.717, 1.165) is 22.4 Å². The molecule has 120 valence electrons. The van der Waals surface area contributed by atoms with Crippen LogP contribution in [0, 0.1) is 13.8 Å². The van der Waals surface area contributed by atoms with E-state index < -0.39 is 0 Å². The second kappa shape index (κ2) is 7.79. The molecule has 4 nitrogen and oxygen atoms in total. The maximum absolute atomic E-state index is 12.0. The number of halogens is 1. The SMILES string of the molecule is Cc1ccc(C)c(NC(=O)CC(=O)NCc2ccc(Cl)cc2)c1. The minimum atomic E-state index is -0.327. The van der Waals surface area contributed by atoms with Crippen molar-refractivity contribution in [1.82, 2.24) is 5.32 Å². The third-order valence-corrected chi connectivity index (χ3v) is 3.64. The van der Waals surface area contributed by atoms with Gasteiger partial charge < -0.3 is 10.6 Å². The Labute approximate surface area is 140 Å². The number of rotatable bonds is 5. The summed E-state index contributed by atoms with van der Waals surface area (Å²) in [5.41, 5.74) is 3.68. The zero-order valence-corrected chi connectivity index (χ0v) is 13.9. The molecule has 0 aliphatic carbocycles. The van der Waals surface area contributed by atoms with Crippen molar-refractivity contribution in [3.05, 3.63) is 64.2 Å². The van der Waals surface area contributed by atoms with Gasteiger partial charge in [0.15, 0.2) is 0 Å². The summed E-state index contributed by atoms with van der Waals surface area (Å²) in [4.78, 5) is 23.8. The van der Waals surface area contributed by atoms with E-state index in [1.165, 1.54) is 0 Å². The van der Waals surface area contributed by atoms with Crippen LogP contribution in [-0.4, -0.2) is 11.8 Å². The Bertz CT molecular complexity index is 711. The molecule has 2 aromatic rings. The number of carbonyl (C=O) groups excluding carboxylic acids is 2. The van der Waals surface area contributed by atoms with Gasteiger partial charge in [0, 0.05) is 17.3 Å². The Morgan fingerprint density at radius 1 is 1.00 bits per heavy atom. The van der Waals surface area contributed by atoms with Crippen LogP contribution in [0.2, 0.25) is 5.02 Å². The lowest BCUT2D eigenvalue weighted by molar-refractivity contribution is -0.126. The van der Waals surface area contributed by atoms with Gasteiger partial charge in [-0.25, -0.2) is 0 Å². The summed E-state index contributed by atoms with van der Waals surface area (Å²) in [6, 6.07) is 13.0. The molecule has 2 amide bonds. The molecular weight excluding hydrogens is 312 g/mol. The molecule has 0 saturated heterocycles. The van der Waals surface area contributed by atoms with Crippen molar-refractivity contribution in [2.75, 3.05) is 5.32 Å². The summed E-state index contributed by atoms with van der Waals surface area (Å²) in [5.74, 6) is -0.643. The minimum absolute atomic E-state index is 0.207. The van der Waals surface area contributed by atoms with E-state index in [0.29, 0.717) is 11.6 Å². The molecule has 0 unspecified atom stereocenters. The first-order valence-corrected chi connectivity index (χ1v) is 7.70. The summed E-state index contributed by atoms with van der Waals surface area (Å²) in [5, 5.41) is 6.13. The normalized spacial score (nSPS) is 10.2. The molecule has 0 spiro atoms. The molecule has 0 bridgehead atoms. The number of carbonyl (C=O) groups is 2. The molecule has 0 fully saturated rings. The largest absolute Gasteiger partial charge is 0.352 e. The van der Waals surface area contributed by atoms with E-state index in [2.05, 4.69) is 10.6 Å². The summed E-state index contributed by atoms with van der Waals surface area (Å²) in [7, 11) is 0. The monoisotopic (exact) mass is 330 g/mol. The highest BCUT2D eigenvalue weighted by molar-refractivity contribution is 6.30. The lowest BCUT2D eigenvalue weighted by atomic mass is 10.1. The van der Waals surface area contributed by atoms with Gasteiger partial charge in [0.1, 0.15) is 6.42 Å². The number of hydrogen-bond acceptors (Lipinski definition) is 2. The smallest absolute Gasteiger partial charge is 0.233 e. The van der Waals surface area contributed by atoms with Crippen LogP contribution < -0.4 is 10.6 Å². The van der Waals surface area contributed by atoms with E-state index in [-0.39, 0.29) is 18.2 Å². The molecule has 0 heterocycles. The number of aryl methyl sites for hydroxylation is 2. The van der Waals surface area contributed by atoms with E-state index in [1.807, 2.05) is 44.2 Å². The summed E-state index contributed by atoms with van der Waals surface area (Å²) in [6.45, 7) is 4.23. The number of anilines is 1. The van der Waals surface area contributed by atoms with Gasteiger partial charge in [0.05, 0.1) is 0 Å². The topological polar surface area (TPSA) is 58.2 Å². The first-order valence-electron chi connectivity index (χ1n) is 7.32. The predicted molar refractivity (Wildman–Crippen MR) is 92.5 cm³/mol. The van der Waals surface area contributed by atoms with E-state index in [4.69, 9.17) is 11.6 Å². The molecule has 0 radical (unpaired) electrons. The molecule has 0 aromatic heterocycles. The van der Waals surface area contributed by atoms with Crippen LogP contribution in [0.3, 0.4) is 0 Å². The fourth-order valence-corrected chi connectivity index (χ4v) is 2.20. The predicted octanol–water partition coefficient (Wildman–Crippen LogP) is 3.60. The Hall–Kier alpha value is -2.33. The molecule has 23 heavy (non-hydrogen) atoms. The van der Waals surface area contributed by atoms with Crippen molar-refractivity contribution in [3.8, 4) is 0 Å². The van der Waals surface area contributed by atoms with Gasteiger partial charge in [-0.1, -0.05) is 35.9 Å². The lowest BCUT2D eigenvalue weighted by Crippen LogP contribution is -2.27. The molecule has 0 saturated carbocycles. The summed E-state index contributed by atoms with van der Waals surface area (Å²) in [6.07, 6.45) is -0.207. The second-order valence-corrected chi connectivity index (χ2v) is 5.88. The second-order valence-electron chi connectivity index (χ2n) is 5.45. The van der Waals surface area contributed by atoms with Crippen molar-refractivity contribution in [1.29, 1.82) is 0 Å². The number of amides is 2. The van der Waals surface area contributed by atoms with Crippen LogP contribution in [0.5, 0.6) is 0 Å². The van der Waals surface area contributed by atoms with Crippen molar-refractivity contribution >= 4 is 29.1 Å². The average Bonchev–Trinajstić information content (AvgIpc) is 2.50. The van der Waals surface area contributed by atoms with E-state index in [1.54, 1.807) is 12.1 Å². The third-order valence-electron chi connectivity index (χ3n) is 3.39. The molecule has 5 heteroatoms. The van der Waals surface area contributed by atoms with Crippen molar-refractivity contribution in [2.45, 2.75) is 26.8 Å². The number of nitrogens with one attached hydrogen (secondary N) is 2. The third kappa shape index (κ3) is 5.42. The zero-order valence-electron chi connectivity index (χ0n) is 13.2. The van der Waals surface area contributed by atoms with Gasteiger partial charge in [-0.05, 0) is 48.7 Å². The van der Waals surface area contributed by atoms with E-state index in [9.17, 15) is 9.59 Å². The van der Waals surface area contributed by atoms with Gasteiger partial charge in [-0.3, -0.25) is 9.59 Å². The Morgan fingerprint density at radius 3 is 2.39 bits per heavy atom. The van der Waals surface area contributed by atoms with Gasteiger partial charge in [0.2, 0.25) is 11.8 Å². The first-order chi connectivity index (χ1) is 10.9. The van der Waals surface area contributed by atoms with Crippen LogP contribution in [-0.2, 0) is 16.1 Å². The average molecular weight is 331 g/mol. The molecular formula is C18H19ClN2O2. The highest BCUT2D eigenvalue weighted by Crippen LogP contribution is 2.16. The van der Waals surface area contributed by atoms with Gasteiger partial charge in [-0.15, -0.1) is 0 Å².